The van der Waals surface area contributed by atoms with E-state index in [0.29, 0.717) is 25.3 Å². The average molecular weight is 287 g/mol. The fourth-order valence-corrected chi connectivity index (χ4v) is 5.34. The fourth-order valence-electron chi connectivity index (χ4n) is 3.26. The maximum Gasteiger partial charge on any atom is 0.214 e. The number of Topliss-reactive ketones (excluding diaryl/α,β-unsaturated/α-hetero) is 1. The highest BCUT2D eigenvalue weighted by Crippen LogP contribution is 2.35. The van der Waals surface area contributed by atoms with Crippen molar-refractivity contribution < 1.29 is 13.2 Å². The van der Waals surface area contributed by atoms with Crippen molar-refractivity contribution in [2.45, 2.75) is 58.4 Å². The highest BCUT2D eigenvalue weighted by atomic mass is 32.2. The topological polar surface area (TPSA) is 54.5 Å². The molecule has 4 nitrogen and oxygen atoms in total. The summed E-state index contributed by atoms with van der Waals surface area (Å²) in [6.45, 7) is 4.68. The third-order valence-corrected chi connectivity index (χ3v) is 6.29. The van der Waals surface area contributed by atoms with Crippen LogP contribution in [0, 0.1) is 11.8 Å². The summed E-state index contributed by atoms with van der Waals surface area (Å²) in [6.07, 6.45) is 4.90. The number of sulfonamides is 1. The zero-order valence-electron chi connectivity index (χ0n) is 12.0. The van der Waals surface area contributed by atoms with Crippen molar-refractivity contribution in [3.8, 4) is 0 Å². The van der Waals surface area contributed by atoms with E-state index in [1.54, 1.807) is 4.31 Å². The maximum absolute atomic E-state index is 12.4. The predicted molar refractivity (Wildman–Crippen MR) is 75.3 cm³/mol. The molecule has 0 radical (unpaired) electrons. The van der Waals surface area contributed by atoms with Crippen LogP contribution in [-0.4, -0.2) is 36.8 Å². The summed E-state index contributed by atoms with van der Waals surface area (Å²) in [7, 11) is -3.18. The van der Waals surface area contributed by atoms with Crippen molar-refractivity contribution >= 4 is 15.8 Å². The van der Waals surface area contributed by atoms with E-state index in [0.717, 1.165) is 25.7 Å². The van der Waals surface area contributed by atoms with Crippen LogP contribution in [0.3, 0.4) is 0 Å². The van der Waals surface area contributed by atoms with Gasteiger partial charge in [0.05, 0.1) is 5.75 Å². The summed E-state index contributed by atoms with van der Waals surface area (Å²) in [5.41, 5.74) is 0. The van der Waals surface area contributed by atoms with Gasteiger partial charge in [-0.25, -0.2) is 8.42 Å². The van der Waals surface area contributed by atoms with Gasteiger partial charge in [0.2, 0.25) is 10.0 Å². The summed E-state index contributed by atoms with van der Waals surface area (Å²) >= 11 is 0. The van der Waals surface area contributed by atoms with Gasteiger partial charge in [-0.05, 0) is 38.0 Å². The van der Waals surface area contributed by atoms with Crippen molar-refractivity contribution in [1.82, 2.24) is 4.31 Å². The van der Waals surface area contributed by atoms with E-state index in [4.69, 9.17) is 0 Å². The summed E-state index contributed by atoms with van der Waals surface area (Å²) in [4.78, 5) is 11.9. The van der Waals surface area contributed by atoms with Gasteiger partial charge < -0.3 is 0 Å². The van der Waals surface area contributed by atoms with Gasteiger partial charge in [-0.2, -0.15) is 4.31 Å². The Morgan fingerprint density at radius 3 is 2.58 bits per heavy atom. The molecule has 5 heteroatoms. The first-order valence-electron chi connectivity index (χ1n) is 7.44. The van der Waals surface area contributed by atoms with Gasteiger partial charge in [-0.1, -0.05) is 13.8 Å². The zero-order chi connectivity index (χ0) is 14.0. The molecule has 0 aromatic carbocycles. The third kappa shape index (κ3) is 3.37. The monoisotopic (exact) mass is 287 g/mol. The van der Waals surface area contributed by atoms with E-state index in [1.807, 2.05) is 13.8 Å². The molecule has 2 unspecified atom stereocenters. The first-order chi connectivity index (χ1) is 8.92. The maximum atomic E-state index is 12.4. The Morgan fingerprint density at radius 2 is 2.00 bits per heavy atom. The van der Waals surface area contributed by atoms with Gasteiger partial charge in [0.15, 0.2) is 0 Å². The fraction of sp³-hybridized carbons (Fsp3) is 0.929. The van der Waals surface area contributed by atoms with Crippen molar-refractivity contribution in [1.29, 1.82) is 0 Å². The number of hydrogen-bond acceptors (Lipinski definition) is 3. The molecule has 2 fully saturated rings. The van der Waals surface area contributed by atoms with Gasteiger partial charge in [0.25, 0.3) is 0 Å². The van der Waals surface area contributed by atoms with Crippen LogP contribution in [0.4, 0.5) is 0 Å². The van der Waals surface area contributed by atoms with E-state index in [-0.39, 0.29) is 23.5 Å². The van der Waals surface area contributed by atoms with Crippen LogP contribution in [-0.2, 0) is 14.8 Å². The smallest absolute Gasteiger partial charge is 0.214 e. The molecule has 0 N–H and O–H groups in total. The molecular formula is C14H25NO3S. The van der Waals surface area contributed by atoms with Gasteiger partial charge in [0.1, 0.15) is 5.78 Å². The first kappa shape index (κ1) is 15.0. The van der Waals surface area contributed by atoms with Crippen LogP contribution in [0.25, 0.3) is 0 Å². The van der Waals surface area contributed by atoms with E-state index in [9.17, 15) is 13.2 Å². The van der Waals surface area contributed by atoms with E-state index in [1.165, 1.54) is 0 Å². The largest absolute Gasteiger partial charge is 0.299 e. The second kappa shape index (κ2) is 5.92. The number of carbonyl (C=O) groups is 1. The Morgan fingerprint density at radius 1 is 1.26 bits per heavy atom. The minimum atomic E-state index is -3.18. The first-order valence-corrected chi connectivity index (χ1v) is 9.05. The van der Waals surface area contributed by atoms with Crippen molar-refractivity contribution in [2.24, 2.45) is 11.8 Å². The molecule has 1 aliphatic carbocycles. The van der Waals surface area contributed by atoms with Gasteiger partial charge in [0, 0.05) is 24.9 Å². The molecule has 0 aromatic heterocycles. The molecule has 0 aromatic rings. The molecule has 1 saturated heterocycles. The van der Waals surface area contributed by atoms with Crippen molar-refractivity contribution in [2.75, 3.05) is 12.3 Å². The van der Waals surface area contributed by atoms with Crippen LogP contribution in [0.5, 0.6) is 0 Å². The Labute approximate surface area is 116 Å². The van der Waals surface area contributed by atoms with Crippen LogP contribution in [0.2, 0.25) is 0 Å². The molecule has 1 saturated carbocycles. The SMILES string of the molecule is CC(C)CCS(=O)(=O)N1CCCC1C1CCCC1=O. The standard InChI is InChI=1S/C14H25NO3S/c1-11(2)8-10-19(17,18)15-9-4-6-13(15)12-5-3-7-14(12)16/h11-13H,3-10H2,1-2H3. The minimum absolute atomic E-state index is 0.0312. The normalized spacial score (nSPS) is 29.5. The van der Waals surface area contributed by atoms with Crippen LogP contribution in [0.15, 0.2) is 0 Å². The molecule has 1 aliphatic heterocycles. The van der Waals surface area contributed by atoms with Gasteiger partial charge in [-0.15, -0.1) is 0 Å². The van der Waals surface area contributed by atoms with Crippen LogP contribution in [0.1, 0.15) is 52.4 Å². The molecule has 110 valence electrons. The Kier molecular flexibility index (Phi) is 4.66. The molecule has 19 heavy (non-hydrogen) atoms. The molecule has 0 spiro atoms. The quantitative estimate of drug-likeness (QED) is 0.779. The molecule has 0 amide bonds. The second-order valence-corrected chi connectivity index (χ2v) is 8.32. The molecule has 1 heterocycles. The van der Waals surface area contributed by atoms with Crippen LogP contribution < -0.4 is 0 Å². The third-order valence-electron chi connectivity index (χ3n) is 4.38. The summed E-state index contributed by atoms with van der Waals surface area (Å²) in [5, 5.41) is 0. The predicted octanol–water partition coefficient (Wildman–Crippen LogP) is 2.20. The molecule has 2 aliphatic rings. The van der Waals surface area contributed by atoms with Gasteiger partial charge >= 0.3 is 0 Å². The van der Waals surface area contributed by atoms with Gasteiger partial charge in [-0.3, -0.25) is 4.79 Å². The second-order valence-electron chi connectivity index (χ2n) is 6.28. The number of nitrogens with zero attached hydrogens (tertiary/aromatic N) is 1. The van der Waals surface area contributed by atoms with Crippen LogP contribution >= 0.6 is 0 Å². The summed E-state index contributed by atoms with van der Waals surface area (Å²) < 4.78 is 26.5. The lowest BCUT2D eigenvalue weighted by molar-refractivity contribution is -0.121. The Hall–Kier alpha value is -0.420. The number of hydrogen-bond donors (Lipinski definition) is 0. The number of ketones is 1. The summed E-state index contributed by atoms with van der Waals surface area (Å²) in [6, 6.07) is -0.0489. The molecule has 2 atom stereocenters. The highest BCUT2D eigenvalue weighted by molar-refractivity contribution is 7.89. The van der Waals surface area contributed by atoms with Crippen molar-refractivity contribution in [3.05, 3.63) is 0 Å². The number of carbonyl (C=O) groups excluding carboxylic acids is 1. The van der Waals surface area contributed by atoms with E-state index >= 15 is 0 Å². The lowest BCUT2D eigenvalue weighted by atomic mass is 9.96. The lowest BCUT2D eigenvalue weighted by Crippen LogP contribution is -2.42. The lowest BCUT2D eigenvalue weighted by Gasteiger charge is -2.28. The Balaban J connectivity index is 2.07. The van der Waals surface area contributed by atoms with E-state index < -0.39 is 10.0 Å². The van der Waals surface area contributed by atoms with E-state index in [2.05, 4.69) is 0 Å². The Bertz CT molecular complexity index is 430. The molecule has 0 bridgehead atoms. The highest BCUT2D eigenvalue weighted by Gasteiger charge is 2.42. The average Bonchev–Trinajstić information content (AvgIpc) is 2.94. The molecular weight excluding hydrogens is 262 g/mol. The zero-order valence-corrected chi connectivity index (χ0v) is 12.8. The summed E-state index contributed by atoms with van der Waals surface area (Å²) in [5.74, 6) is 0.860. The number of rotatable bonds is 5. The molecule has 2 rings (SSSR count). The van der Waals surface area contributed by atoms with Crippen molar-refractivity contribution in [3.63, 3.8) is 0 Å². The minimum Gasteiger partial charge on any atom is -0.299 e.